The van der Waals surface area contributed by atoms with E-state index in [1.165, 1.54) is 20.7 Å². The quantitative estimate of drug-likeness (QED) is 0.744. The summed E-state index contributed by atoms with van der Waals surface area (Å²) in [7, 11) is 0. The molecule has 1 unspecified atom stereocenters. The highest BCUT2D eigenvalue weighted by atomic mass is 32.1. The Bertz CT molecular complexity index is 726. The third kappa shape index (κ3) is 2.51. The summed E-state index contributed by atoms with van der Waals surface area (Å²) in [5, 5.41) is 4.70. The van der Waals surface area contributed by atoms with Crippen molar-refractivity contribution in [1.82, 2.24) is 5.32 Å². The van der Waals surface area contributed by atoms with E-state index in [0.717, 1.165) is 17.9 Å². The Morgan fingerprint density at radius 1 is 1.15 bits per heavy atom. The molecular formula is C17H19NOS. The molecule has 3 heteroatoms. The summed E-state index contributed by atoms with van der Waals surface area (Å²) in [6, 6.07) is 13.0. The molecule has 1 aromatic carbocycles. The van der Waals surface area contributed by atoms with Gasteiger partial charge in [0.1, 0.15) is 17.4 Å². The maximum atomic E-state index is 6.05. The van der Waals surface area contributed by atoms with Crippen LogP contribution >= 0.6 is 11.3 Å². The largest absolute Gasteiger partial charge is 0.459 e. The molecule has 0 aliphatic heterocycles. The monoisotopic (exact) mass is 285 g/mol. The van der Waals surface area contributed by atoms with Gasteiger partial charge >= 0.3 is 0 Å². The predicted octanol–water partition coefficient (Wildman–Crippen LogP) is 4.81. The van der Waals surface area contributed by atoms with E-state index in [9.17, 15) is 0 Å². The van der Waals surface area contributed by atoms with Crippen molar-refractivity contribution in [1.29, 1.82) is 0 Å². The van der Waals surface area contributed by atoms with Crippen molar-refractivity contribution in [3.63, 3.8) is 0 Å². The summed E-state index contributed by atoms with van der Waals surface area (Å²) in [6.07, 6.45) is 0. The second-order valence-electron chi connectivity index (χ2n) is 5.13. The number of hydrogen-bond acceptors (Lipinski definition) is 3. The fourth-order valence-corrected chi connectivity index (χ4v) is 3.44. The van der Waals surface area contributed by atoms with Crippen LogP contribution in [0.25, 0.3) is 11.0 Å². The van der Waals surface area contributed by atoms with Gasteiger partial charge in [-0.25, -0.2) is 0 Å². The Kier molecular flexibility index (Phi) is 3.64. The van der Waals surface area contributed by atoms with Crippen LogP contribution in [0.1, 0.15) is 34.0 Å². The van der Waals surface area contributed by atoms with Crippen LogP contribution in [0.4, 0.5) is 0 Å². The molecule has 3 rings (SSSR count). The summed E-state index contributed by atoms with van der Waals surface area (Å²) in [4.78, 5) is 2.63. The van der Waals surface area contributed by atoms with Gasteiger partial charge in [0.2, 0.25) is 0 Å². The molecule has 2 aromatic heterocycles. The minimum Gasteiger partial charge on any atom is -0.459 e. The van der Waals surface area contributed by atoms with Crippen molar-refractivity contribution in [3.8, 4) is 0 Å². The van der Waals surface area contributed by atoms with E-state index in [2.05, 4.69) is 62.5 Å². The molecule has 0 saturated heterocycles. The molecule has 0 aliphatic carbocycles. The van der Waals surface area contributed by atoms with Gasteiger partial charge in [-0.15, -0.1) is 11.3 Å². The Balaban J connectivity index is 2.04. The zero-order valence-electron chi connectivity index (χ0n) is 12.1. The Labute approximate surface area is 123 Å². The Morgan fingerprint density at radius 2 is 2.00 bits per heavy atom. The van der Waals surface area contributed by atoms with Crippen LogP contribution in [-0.4, -0.2) is 6.54 Å². The highest BCUT2D eigenvalue weighted by Crippen LogP contribution is 2.32. The van der Waals surface area contributed by atoms with Crippen molar-refractivity contribution in [2.45, 2.75) is 26.8 Å². The first-order valence-electron chi connectivity index (χ1n) is 6.97. The number of rotatable bonds is 4. The Morgan fingerprint density at radius 3 is 2.70 bits per heavy atom. The second kappa shape index (κ2) is 5.43. The predicted molar refractivity (Wildman–Crippen MR) is 85.5 cm³/mol. The molecule has 1 N–H and O–H groups in total. The zero-order valence-corrected chi connectivity index (χ0v) is 12.9. The summed E-state index contributed by atoms with van der Waals surface area (Å²) in [5.41, 5.74) is 2.22. The standard InChI is InChI=1S/C17H19NOS/c1-4-18-17(16-8-6-12(3)20-16)15-10-13-9-11(2)5-7-14(13)19-15/h5-10,17-18H,4H2,1-3H3. The first-order valence-corrected chi connectivity index (χ1v) is 7.79. The topological polar surface area (TPSA) is 25.2 Å². The minimum absolute atomic E-state index is 0.145. The average molecular weight is 285 g/mol. The number of fused-ring (bicyclic) bond motifs is 1. The number of thiophene rings is 1. The van der Waals surface area contributed by atoms with Gasteiger partial charge in [0.15, 0.2) is 0 Å². The first kappa shape index (κ1) is 13.4. The minimum atomic E-state index is 0.145. The molecule has 0 spiro atoms. The molecule has 0 fully saturated rings. The average Bonchev–Trinajstić information content (AvgIpc) is 3.01. The van der Waals surface area contributed by atoms with E-state index in [1.807, 2.05) is 11.3 Å². The number of nitrogens with one attached hydrogen (secondary N) is 1. The van der Waals surface area contributed by atoms with Crippen LogP contribution < -0.4 is 5.32 Å². The van der Waals surface area contributed by atoms with Crippen LogP contribution in [0.3, 0.4) is 0 Å². The molecule has 0 bridgehead atoms. The Hall–Kier alpha value is -1.58. The molecular weight excluding hydrogens is 266 g/mol. The van der Waals surface area contributed by atoms with Crippen molar-refractivity contribution >= 4 is 22.3 Å². The molecule has 2 heterocycles. The highest BCUT2D eigenvalue weighted by molar-refractivity contribution is 7.12. The third-order valence-electron chi connectivity index (χ3n) is 3.43. The van der Waals surface area contributed by atoms with Gasteiger partial charge in [0, 0.05) is 15.1 Å². The molecule has 0 amide bonds. The summed E-state index contributed by atoms with van der Waals surface area (Å²) in [6.45, 7) is 7.29. The lowest BCUT2D eigenvalue weighted by Gasteiger charge is -2.13. The fraction of sp³-hybridized carbons (Fsp3) is 0.294. The van der Waals surface area contributed by atoms with E-state index >= 15 is 0 Å². The van der Waals surface area contributed by atoms with E-state index in [4.69, 9.17) is 4.42 Å². The van der Waals surface area contributed by atoms with Crippen molar-refractivity contribution in [2.24, 2.45) is 0 Å². The highest BCUT2D eigenvalue weighted by Gasteiger charge is 2.19. The maximum absolute atomic E-state index is 6.05. The van der Waals surface area contributed by atoms with Gasteiger partial charge in [0.05, 0.1) is 0 Å². The van der Waals surface area contributed by atoms with E-state index in [-0.39, 0.29) is 6.04 Å². The lowest BCUT2D eigenvalue weighted by Crippen LogP contribution is -2.20. The smallest absolute Gasteiger partial charge is 0.134 e. The lowest BCUT2D eigenvalue weighted by molar-refractivity contribution is 0.481. The first-order chi connectivity index (χ1) is 9.67. The summed E-state index contributed by atoms with van der Waals surface area (Å²) < 4.78 is 6.05. The SMILES string of the molecule is CCNC(c1cc2cc(C)ccc2o1)c1ccc(C)s1. The molecule has 3 aromatic rings. The third-order valence-corrected chi connectivity index (χ3v) is 4.49. The van der Waals surface area contributed by atoms with Gasteiger partial charge in [0.25, 0.3) is 0 Å². The molecule has 2 nitrogen and oxygen atoms in total. The van der Waals surface area contributed by atoms with Gasteiger partial charge in [-0.2, -0.15) is 0 Å². The van der Waals surface area contributed by atoms with Gasteiger partial charge in [-0.1, -0.05) is 18.6 Å². The van der Waals surface area contributed by atoms with Gasteiger partial charge in [-0.3, -0.25) is 0 Å². The number of benzene rings is 1. The number of furan rings is 1. The van der Waals surface area contributed by atoms with Crippen molar-refractivity contribution in [2.75, 3.05) is 6.54 Å². The zero-order chi connectivity index (χ0) is 14.1. The second-order valence-corrected chi connectivity index (χ2v) is 6.45. The van der Waals surface area contributed by atoms with Gasteiger partial charge in [-0.05, 0) is 50.7 Å². The van der Waals surface area contributed by atoms with Crippen LogP contribution in [0.5, 0.6) is 0 Å². The molecule has 104 valence electrons. The van der Waals surface area contributed by atoms with Crippen LogP contribution in [0.2, 0.25) is 0 Å². The molecule has 0 radical (unpaired) electrons. The maximum Gasteiger partial charge on any atom is 0.134 e. The van der Waals surface area contributed by atoms with Crippen molar-refractivity contribution < 1.29 is 4.42 Å². The normalized spacial score (nSPS) is 12.9. The van der Waals surface area contributed by atoms with Crippen LogP contribution in [0, 0.1) is 13.8 Å². The lowest BCUT2D eigenvalue weighted by atomic mass is 10.1. The fourth-order valence-electron chi connectivity index (χ4n) is 2.48. The van der Waals surface area contributed by atoms with Gasteiger partial charge < -0.3 is 9.73 Å². The summed E-state index contributed by atoms with van der Waals surface area (Å²) in [5.74, 6) is 0.995. The number of hydrogen-bond donors (Lipinski definition) is 1. The molecule has 0 aliphatic rings. The van der Waals surface area contributed by atoms with Crippen molar-refractivity contribution in [3.05, 3.63) is 57.5 Å². The molecule has 20 heavy (non-hydrogen) atoms. The van der Waals surface area contributed by atoms with E-state index in [0.29, 0.717) is 0 Å². The number of aryl methyl sites for hydroxylation is 2. The molecule has 1 atom stereocenters. The summed E-state index contributed by atoms with van der Waals surface area (Å²) >= 11 is 1.82. The van der Waals surface area contributed by atoms with E-state index in [1.54, 1.807) is 0 Å². The van der Waals surface area contributed by atoms with Crippen LogP contribution in [-0.2, 0) is 0 Å². The van der Waals surface area contributed by atoms with E-state index < -0.39 is 0 Å². The molecule has 0 saturated carbocycles. The van der Waals surface area contributed by atoms with Crippen LogP contribution in [0.15, 0.2) is 40.8 Å².